The third kappa shape index (κ3) is 3.32. The van der Waals surface area contributed by atoms with Crippen LogP contribution in [-0.2, 0) is 15.0 Å². The maximum absolute atomic E-state index is 12.3. The zero-order chi connectivity index (χ0) is 15.6. The molecule has 1 aromatic carbocycles. The fourth-order valence-electron chi connectivity index (χ4n) is 2.72. The molecule has 0 spiro atoms. The van der Waals surface area contributed by atoms with E-state index in [1.165, 1.54) is 10.5 Å². The summed E-state index contributed by atoms with van der Waals surface area (Å²) >= 11 is 0. The van der Waals surface area contributed by atoms with Crippen LogP contribution < -0.4 is 5.32 Å². The number of hydrogen-bond acceptors (Lipinski definition) is 3. The lowest BCUT2D eigenvalue weighted by Gasteiger charge is -2.27. The third-order valence-electron chi connectivity index (χ3n) is 4.05. The predicted octanol–water partition coefficient (Wildman–Crippen LogP) is 2.09. The number of likely N-dealkylation sites (tertiary alicyclic amines) is 1. The maximum atomic E-state index is 12.3. The molecule has 2 rings (SSSR count). The van der Waals surface area contributed by atoms with E-state index in [9.17, 15) is 9.59 Å². The molecule has 114 valence electrons. The summed E-state index contributed by atoms with van der Waals surface area (Å²) in [6, 6.07) is 9.74. The fraction of sp³-hybridized carbons (Fsp3) is 0.529. The molecule has 4 heteroatoms. The van der Waals surface area contributed by atoms with E-state index < -0.39 is 0 Å². The molecule has 1 N–H and O–H groups in total. The second-order valence-electron chi connectivity index (χ2n) is 6.58. The Bertz CT molecular complexity index is 523. The highest BCUT2D eigenvalue weighted by Gasteiger charge is 2.40. The number of amides is 2. The first-order valence-corrected chi connectivity index (χ1v) is 7.48. The topological polar surface area (TPSA) is 49.4 Å². The highest BCUT2D eigenvalue weighted by molar-refractivity contribution is 6.05. The van der Waals surface area contributed by atoms with Crippen LogP contribution in [-0.4, -0.2) is 35.3 Å². The van der Waals surface area contributed by atoms with E-state index in [1.54, 1.807) is 0 Å². The largest absolute Gasteiger partial charge is 0.305 e. The van der Waals surface area contributed by atoms with Crippen molar-refractivity contribution in [2.24, 2.45) is 0 Å². The molecular weight excluding hydrogens is 264 g/mol. The molecule has 0 aromatic heterocycles. The molecule has 2 amide bonds. The van der Waals surface area contributed by atoms with E-state index >= 15 is 0 Å². The lowest BCUT2D eigenvalue weighted by molar-refractivity contribution is -0.140. The summed E-state index contributed by atoms with van der Waals surface area (Å²) in [6.45, 7) is 8.67. The van der Waals surface area contributed by atoms with E-state index in [2.05, 4.69) is 31.3 Å². The van der Waals surface area contributed by atoms with Gasteiger partial charge in [-0.2, -0.15) is 0 Å². The van der Waals surface area contributed by atoms with E-state index in [0.717, 1.165) is 0 Å². The molecule has 4 nitrogen and oxygen atoms in total. The second-order valence-corrected chi connectivity index (χ2v) is 6.58. The first-order chi connectivity index (χ1) is 9.83. The van der Waals surface area contributed by atoms with Gasteiger partial charge in [-0.15, -0.1) is 0 Å². The van der Waals surface area contributed by atoms with Gasteiger partial charge in [0.15, 0.2) is 0 Å². The van der Waals surface area contributed by atoms with Crippen LogP contribution in [0, 0.1) is 0 Å². The predicted molar refractivity (Wildman–Crippen MR) is 82.9 cm³/mol. The van der Waals surface area contributed by atoms with Crippen molar-refractivity contribution in [1.29, 1.82) is 0 Å². The van der Waals surface area contributed by atoms with Crippen LogP contribution >= 0.6 is 0 Å². The number of benzene rings is 1. The summed E-state index contributed by atoms with van der Waals surface area (Å²) < 4.78 is 0. The normalized spacial score (nSPS) is 19.7. The Morgan fingerprint density at radius 3 is 2.38 bits per heavy atom. The van der Waals surface area contributed by atoms with Crippen molar-refractivity contribution in [1.82, 2.24) is 10.2 Å². The number of nitrogens with zero attached hydrogens (tertiary/aromatic N) is 1. The van der Waals surface area contributed by atoms with Gasteiger partial charge in [0.05, 0.1) is 12.5 Å². The number of carbonyl (C=O) groups is 2. The van der Waals surface area contributed by atoms with Gasteiger partial charge in [-0.25, -0.2) is 0 Å². The summed E-state index contributed by atoms with van der Waals surface area (Å²) in [7, 11) is 0. The fourth-order valence-corrected chi connectivity index (χ4v) is 2.72. The highest BCUT2D eigenvalue weighted by Crippen LogP contribution is 2.23. The molecule has 1 aliphatic heterocycles. The van der Waals surface area contributed by atoms with Crippen molar-refractivity contribution < 1.29 is 9.59 Å². The van der Waals surface area contributed by atoms with Crippen LogP contribution in [0.2, 0.25) is 0 Å². The van der Waals surface area contributed by atoms with Crippen molar-refractivity contribution in [2.45, 2.75) is 51.6 Å². The molecule has 1 saturated heterocycles. The first-order valence-electron chi connectivity index (χ1n) is 7.48. The Hall–Kier alpha value is -1.68. The molecule has 1 atom stereocenters. The van der Waals surface area contributed by atoms with Crippen molar-refractivity contribution in [3.63, 3.8) is 0 Å². The lowest BCUT2D eigenvalue weighted by Crippen LogP contribution is -2.45. The number of carbonyl (C=O) groups excluding carboxylic acids is 2. The summed E-state index contributed by atoms with van der Waals surface area (Å²) in [5.74, 6) is -0.177. The van der Waals surface area contributed by atoms with Gasteiger partial charge in [0.2, 0.25) is 11.8 Å². The first kappa shape index (κ1) is 15.7. The van der Waals surface area contributed by atoms with Gasteiger partial charge in [-0.3, -0.25) is 14.5 Å². The van der Waals surface area contributed by atoms with Crippen LogP contribution in [0.3, 0.4) is 0 Å². The van der Waals surface area contributed by atoms with Crippen LogP contribution in [0.15, 0.2) is 30.3 Å². The van der Waals surface area contributed by atoms with E-state index in [1.807, 2.05) is 32.0 Å². The van der Waals surface area contributed by atoms with E-state index in [4.69, 9.17) is 0 Å². The molecule has 1 aliphatic rings. The van der Waals surface area contributed by atoms with Gasteiger partial charge in [0.1, 0.15) is 0 Å². The molecule has 0 radical (unpaired) electrons. The van der Waals surface area contributed by atoms with Crippen LogP contribution in [0.25, 0.3) is 0 Å². The molecule has 1 fully saturated rings. The Labute approximate surface area is 126 Å². The number of imide groups is 1. The van der Waals surface area contributed by atoms with Gasteiger partial charge in [0, 0.05) is 18.0 Å². The molecule has 0 saturated carbocycles. The molecule has 21 heavy (non-hydrogen) atoms. The van der Waals surface area contributed by atoms with Gasteiger partial charge >= 0.3 is 0 Å². The Morgan fingerprint density at radius 2 is 1.86 bits per heavy atom. The minimum absolute atomic E-state index is 0.0704. The molecule has 0 aliphatic carbocycles. The lowest BCUT2D eigenvalue weighted by atomic mass is 9.84. The van der Waals surface area contributed by atoms with Crippen molar-refractivity contribution >= 4 is 11.8 Å². The highest BCUT2D eigenvalue weighted by atomic mass is 16.2. The van der Waals surface area contributed by atoms with E-state index in [-0.39, 0.29) is 35.7 Å². The smallest absolute Gasteiger partial charge is 0.247 e. The average molecular weight is 288 g/mol. The molecule has 1 heterocycles. The van der Waals surface area contributed by atoms with Gasteiger partial charge in [-0.1, -0.05) is 44.2 Å². The quantitative estimate of drug-likeness (QED) is 0.844. The minimum atomic E-state index is -0.386. The Morgan fingerprint density at radius 1 is 1.24 bits per heavy atom. The molecular formula is C17H24N2O2. The second kappa shape index (κ2) is 5.98. The summed E-state index contributed by atoms with van der Waals surface area (Å²) in [4.78, 5) is 25.5. The van der Waals surface area contributed by atoms with Crippen molar-refractivity contribution in [3.8, 4) is 0 Å². The molecule has 1 aromatic rings. The number of rotatable bonds is 5. The van der Waals surface area contributed by atoms with Crippen LogP contribution in [0.4, 0.5) is 0 Å². The summed E-state index contributed by atoms with van der Waals surface area (Å²) in [6.07, 6.45) is 0.266. The number of nitrogens with one attached hydrogen (secondary N) is 1. The standard InChI is InChI=1S/C17H24N2O2/c1-12(2)19-15(20)10-14(16(19)21)18-11-17(3,4)13-8-6-5-7-9-13/h5-9,12,14,18H,10-11H2,1-4H3. The van der Waals surface area contributed by atoms with Crippen LogP contribution in [0.1, 0.15) is 39.7 Å². The van der Waals surface area contributed by atoms with Gasteiger partial charge < -0.3 is 5.32 Å². The third-order valence-corrected chi connectivity index (χ3v) is 4.05. The Kier molecular flexibility index (Phi) is 4.47. The molecule has 0 bridgehead atoms. The number of hydrogen-bond donors (Lipinski definition) is 1. The monoisotopic (exact) mass is 288 g/mol. The van der Waals surface area contributed by atoms with E-state index in [0.29, 0.717) is 6.54 Å². The van der Waals surface area contributed by atoms with Gasteiger partial charge in [-0.05, 0) is 19.4 Å². The van der Waals surface area contributed by atoms with Crippen LogP contribution in [0.5, 0.6) is 0 Å². The average Bonchev–Trinajstić information content (AvgIpc) is 2.72. The summed E-state index contributed by atoms with van der Waals surface area (Å²) in [5, 5.41) is 3.27. The summed E-state index contributed by atoms with van der Waals surface area (Å²) in [5.41, 5.74) is 1.13. The SMILES string of the molecule is CC(C)N1C(=O)CC(NCC(C)(C)c2ccccc2)C1=O. The van der Waals surface area contributed by atoms with Gasteiger partial charge in [0.25, 0.3) is 0 Å². The maximum Gasteiger partial charge on any atom is 0.247 e. The van der Waals surface area contributed by atoms with Crippen molar-refractivity contribution in [3.05, 3.63) is 35.9 Å². The molecule has 1 unspecified atom stereocenters. The minimum Gasteiger partial charge on any atom is -0.305 e. The zero-order valence-electron chi connectivity index (χ0n) is 13.2. The van der Waals surface area contributed by atoms with Crippen molar-refractivity contribution in [2.75, 3.05) is 6.54 Å². The Balaban J connectivity index is 2.01. The zero-order valence-corrected chi connectivity index (χ0v) is 13.2.